The maximum atomic E-state index is 14.4. The van der Waals surface area contributed by atoms with Crippen LogP contribution < -0.4 is 0 Å². The average Bonchev–Trinajstić information content (AvgIpc) is 3.60. The van der Waals surface area contributed by atoms with E-state index in [-0.39, 0.29) is 42.7 Å². The number of allylic oxidation sites excluding steroid dienone is 2. The highest BCUT2D eigenvalue weighted by molar-refractivity contribution is 5.78. The number of esters is 1. The number of carbonyl (C=O) groups excluding carboxylic acids is 1. The summed E-state index contributed by atoms with van der Waals surface area (Å²) >= 11 is 0. The summed E-state index contributed by atoms with van der Waals surface area (Å²) in [6, 6.07) is 0. The number of carbonyl (C=O) groups is 1. The van der Waals surface area contributed by atoms with Crippen molar-refractivity contribution in [2.45, 2.75) is 198 Å². The number of methoxy groups -OCH3 is 2. The molecule has 2 bridgehead atoms. The van der Waals surface area contributed by atoms with E-state index in [1.807, 2.05) is 25.2 Å². The minimum absolute atomic E-state index is 0.0329. The molecule has 0 aromatic rings. The van der Waals surface area contributed by atoms with Gasteiger partial charge >= 0.3 is 5.97 Å². The van der Waals surface area contributed by atoms with Crippen LogP contribution in [0.25, 0.3) is 0 Å². The van der Waals surface area contributed by atoms with E-state index in [9.17, 15) is 20.1 Å². The molecule has 7 rings (SSSR count). The van der Waals surface area contributed by atoms with Crippen molar-refractivity contribution in [2.75, 3.05) is 20.8 Å². The SMILES string of the molecule is CC/C1=C\C[C@@H]2C[C@@H](C[C@]3(C=C[C@H](C)C([C@@H](C)CC)O3)O2)OC(=O)C2C=C(C)[C@@H](O)[C@H]3OC/C(=C\C=C\[C@H](C)[C@@H]1O[C@H]1C[C@H](OC)[C@@H](O[C@H]4C[C@H](OC)[C@@H](O)[C@H](C)O4)[C@H](C)O1)[C@@]23O. The van der Waals surface area contributed by atoms with E-state index in [1.54, 1.807) is 40.2 Å². The molecule has 2 unspecified atom stereocenters. The molecular weight excluding hydrogens is 813 g/mol. The highest BCUT2D eigenvalue weighted by Gasteiger charge is 2.60. The first-order chi connectivity index (χ1) is 30.0. The fourth-order valence-electron chi connectivity index (χ4n) is 10.8. The Morgan fingerprint density at radius 1 is 0.905 bits per heavy atom. The standard InChI is InChI=1S/C49H74O14/c1-11-26(3)43-28(5)18-19-48(63-43)24-35-21-34(62-48)17-16-32(12-2)44(27(4)14-13-15-33-25-56-46-41(50)29(6)20-36(47(52)59-35)49(33,46)53)60-40-23-38(55-10)45(31(8)58-40)61-39-22-37(54-9)42(51)30(7)57-39/h13-16,18-20,26-28,30-31,34-46,50-51,53H,11-12,17,21-25H2,1-10H3/b14-13+,32-16+,33-15+/t26-,27-,28-,30-,31-,34+,35-,36?,37-,38-,39-,40-,41+,42-,43?,44-,45-,46+,48+,49+/m0/s1. The predicted octanol–water partition coefficient (Wildman–Crippen LogP) is 5.77. The van der Waals surface area contributed by atoms with Gasteiger partial charge in [0.15, 0.2) is 18.4 Å². The van der Waals surface area contributed by atoms with Crippen LogP contribution in [0, 0.1) is 23.7 Å². The van der Waals surface area contributed by atoms with Gasteiger partial charge in [-0.15, -0.1) is 0 Å². The summed E-state index contributed by atoms with van der Waals surface area (Å²) in [5.74, 6) is -2.56. The lowest BCUT2D eigenvalue weighted by Gasteiger charge is -2.48. The van der Waals surface area contributed by atoms with Gasteiger partial charge in [0, 0.05) is 51.7 Å². The molecule has 0 radical (unpaired) electrons. The third-order valence-corrected chi connectivity index (χ3v) is 14.8. The molecule has 63 heavy (non-hydrogen) atoms. The van der Waals surface area contributed by atoms with Crippen molar-refractivity contribution in [1.82, 2.24) is 0 Å². The van der Waals surface area contributed by atoms with Gasteiger partial charge in [-0.3, -0.25) is 4.79 Å². The molecular formula is C49H74O14. The highest BCUT2D eigenvalue weighted by atomic mass is 16.7. The summed E-state index contributed by atoms with van der Waals surface area (Å²) in [5.41, 5.74) is 0.225. The molecule has 0 aromatic carbocycles. The van der Waals surface area contributed by atoms with Crippen LogP contribution in [0.2, 0.25) is 0 Å². The number of rotatable bonds is 9. The lowest BCUT2D eigenvalue weighted by atomic mass is 9.71. The van der Waals surface area contributed by atoms with Crippen molar-refractivity contribution in [3.8, 4) is 0 Å². The normalized spacial score (nSPS) is 48.6. The quantitative estimate of drug-likeness (QED) is 0.189. The summed E-state index contributed by atoms with van der Waals surface area (Å²) in [6.45, 7) is 16.2. The van der Waals surface area contributed by atoms with Gasteiger partial charge in [0.2, 0.25) is 0 Å². The first-order valence-electron chi connectivity index (χ1n) is 23.4. The van der Waals surface area contributed by atoms with Crippen molar-refractivity contribution in [1.29, 1.82) is 0 Å². The van der Waals surface area contributed by atoms with Gasteiger partial charge in [-0.25, -0.2) is 0 Å². The van der Waals surface area contributed by atoms with Gasteiger partial charge < -0.3 is 62.7 Å². The van der Waals surface area contributed by atoms with Gasteiger partial charge in [-0.1, -0.05) is 77.5 Å². The summed E-state index contributed by atoms with van der Waals surface area (Å²) in [6.07, 6.45) is 9.38. The average molecular weight is 887 g/mol. The summed E-state index contributed by atoms with van der Waals surface area (Å²) < 4.78 is 64.0. The number of ether oxygens (including phenoxy) is 10. The number of hydrogen-bond donors (Lipinski definition) is 3. The molecule has 4 fully saturated rings. The van der Waals surface area contributed by atoms with E-state index < -0.39 is 90.8 Å². The minimum atomic E-state index is -1.84. The van der Waals surface area contributed by atoms with Gasteiger partial charge in [0.25, 0.3) is 0 Å². The predicted molar refractivity (Wildman–Crippen MR) is 232 cm³/mol. The first kappa shape index (κ1) is 48.6. The monoisotopic (exact) mass is 887 g/mol. The Morgan fingerprint density at radius 3 is 2.33 bits per heavy atom. The fraction of sp³-hybridized carbons (Fsp3) is 0.776. The Labute approximate surface area is 373 Å². The van der Waals surface area contributed by atoms with E-state index in [0.29, 0.717) is 49.7 Å². The van der Waals surface area contributed by atoms with Crippen molar-refractivity contribution >= 4 is 5.97 Å². The number of aliphatic hydroxyl groups excluding tert-OH is 2. The van der Waals surface area contributed by atoms with Gasteiger partial charge in [-0.05, 0) is 62.3 Å². The molecule has 14 heteroatoms. The molecule has 1 aliphatic carbocycles. The molecule has 20 atom stereocenters. The Morgan fingerprint density at radius 2 is 1.62 bits per heavy atom. The molecule has 6 aliphatic heterocycles. The summed E-state index contributed by atoms with van der Waals surface area (Å²) in [7, 11) is 3.23. The molecule has 6 heterocycles. The lowest BCUT2D eigenvalue weighted by molar-refractivity contribution is -0.318. The largest absolute Gasteiger partial charge is 0.462 e. The van der Waals surface area contributed by atoms with E-state index in [2.05, 4.69) is 46.8 Å². The second-order valence-electron chi connectivity index (χ2n) is 19.1. The summed E-state index contributed by atoms with van der Waals surface area (Å²) in [4.78, 5) is 14.4. The van der Waals surface area contributed by atoms with E-state index in [4.69, 9.17) is 47.4 Å². The topological polar surface area (TPSA) is 170 Å². The van der Waals surface area contributed by atoms with Crippen LogP contribution in [-0.4, -0.2) is 139 Å². The van der Waals surface area contributed by atoms with Gasteiger partial charge in [0.1, 0.15) is 42.0 Å². The molecule has 7 aliphatic rings. The van der Waals surface area contributed by atoms with Crippen molar-refractivity contribution in [2.24, 2.45) is 23.7 Å². The zero-order chi connectivity index (χ0) is 45.4. The molecule has 14 nitrogen and oxygen atoms in total. The first-order valence-corrected chi connectivity index (χ1v) is 23.4. The number of aliphatic hydroxyl groups is 3. The smallest absolute Gasteiger partial charge is 0.316 e. The Bertz CT molecular complexity index is 1740. The van der Waals surface area contributed by atoms with E-state index in [1.165, 1.54) is 0 Å². The second kappa shape index (κ2) is 20.3. The zero-order valence-corrected chi connectivity index (χ0v) is 38.9. The highest BCUT2D eigenvalue weighted by Crippen LogP contribution is 2.47. The Balaban J connectivity index is 1.20. The zero-order valence-electron chi connectivity index (χ0n) is 38.9. The molecule has 354 valence electrons. The number of hydrogen-bond acceptors (Lipinski definition) is 14. The van der Waals surface area contributed by atoms with Crippen LogP contribution in [0.5, 0.6) is 0 Å². The van der Waals surface area contributed by atoms with Crippen LogP contribution in [0.15, 0.2) is 59.3 Å². The Hall–Kier alpha value is -2.31. The fourth-order valence-corrected chi connectivity index (χ4v) is 10.8. The van der Waals surface area contributed by atoms with Gasteiger partial charge in [0.05, 0.1) is 49.3 Å². The Kier molecular flexibility index (Phi) is 15.7. The third-order valence-electron chi connectivity index (χ3n) is 14.8. The molecule has 4 saturated heterocycles. The second-order valence-corrected chi connectivity index (χ2v) is 19.1. The van der Waals surface area contributed by atoms with E-state index >= 15 is 0 Å². The maximum absolute atomic E-state index is 14.4. The summed E-state index contributed by atoms with van der Waals surface area (Å²) in [5, 5.41) is 34.3. The van der Waals surface area contributed by atoms with Crippen molar-refractivity contribution in [3.05, 3.63) is 59.3 Å². The van der Waals surface area contributed by atoms with Crippen molar-refractivity contribution in [3.63, 3.8) is 0 Å². The lowest BCUT2D eigenvalue weighted by Crippen LogP contribution is -2.58. The van der Waals surface area contributed by atoms with Crippen LogP contribution in [-0.2, 0) is 52.2 Å². The third kappa shape index (κ3) is 10.0. The minimum Gasteiger partial charge on any atom is -0.462 e. The van der Waals surface area contributed by atoms with Crippen LogP contribution >= 0.6 is 0 Å². The van der Waals surface area contributed by atoms with Crippen molar-refractivity contribution < 1.29 is 67.5 Å². The van der Waals surface area contributed by atoms with Crippen LogP contribution in [0.1, 0.15) is 100 Å². The molecule has 3 N–H and O–H groups in total. The molecule has 0 amide bonds. The molecule has 1 spiro atoms. The van der Waals surface area contributed by atoms with Crippen LogP contribution in [0.4, 0.5) is 0 Å². The van der Waals surface area contributed by atoms with Gasteiger partial charge in [-0.2, -0.15) is 0 Å². The van der Waals surface area contributed by atoms with E-state index in [0.717, 1.165) is 12.0 Å². The number of fused-ring (bicyclic) bond motifs is 2. The van der Waals surface area contributed by atoms with Crippen LogP contribution in [0.3, 0.4) is 0 Å². The maximum Gasteiger partial charge on any atom is 0.316 e. The molecule has 0 saturated carbocycles. The molecule has 0 aromatic heterocycles.